The fourth-order valence-electron chi connectivity index (χ4n) is 0.969. The van der Waals surface area contributed by atoms with Crippen molar-refractivity contribution in [2.45, 2.75) is 10.8 Å². The fraction of sp³-hybridized carbons (Fsp3) is 0.111. The molecular weight excluding hydrogens is 214 g/mol. The van der Waals surface area contributed by atoms with Gasteiger partial charge in [0.25, 0.3) is 0 Å². The topological polar surface area (TPSA) is 51.8 Å². The Balaban J connectivity index is 1.95. The lowest BCUT2D eigenvalue weighted by molar-refractivity contribution is 1.13. The van der Waals surface area contributed by atoms with E-state index in [9.17, 15) is 0 Å². The fourth-order valence-corrected chi connectivity index (χ4v) is 2.39. The van der Waals surface area contributed by atoms with E-state index in [2.05, 4.69) is 9.97 Å². The second kappa shape index (κ2) is 4.43. The average Bonchev–Trinajstić information content (AvgIpc) is 2.63. The molecule has 2 aromatic heterocycles. The van der Waals surface area contributed by atoms with Crippen molar-refractivity contribution in [3.05, 3.63) is 35.5 Å². The second-order valence-electron chi connectivity index (χ2n) is 2.63. The van der Waals surface area contributed by atoms with E-state index < -0.39 is 0 Å². The van der Waals surface area contributed by atoms with Crippen LogP contribution in [-0.2, 0) is 5.75 Å². The van der Waals surface area contributed by atoms with Crippen molar-refractivity contribution >= 4 is 28.2 Å². The van der Waals surface area contributed by atoms with Gasteiger partial charge in [-0.1, -0.05) is 6.07 Å². The Morgan fingerprint density at radius 1 is 1.43 bits per heavy atom. The lowest BCUT2D eigenvalue weighted by Crippen LogP contribution is -1.85. The summed E-state index contributed by atoms with van der Waals surface area (Å²) in [4.78, 5) is 8.38. The summed E-state index contributed by atoms with van der Waals surface area (Å²) in [5.74, 6) is 0.824. The minimum atomic E-state index is 0.627. The highest BCUT2D eigenvalue weighted by atomic mass is 32.2. The summed E-state index contributed by atoms with van der Waals surface area (Å²) >= 11 is 3.14. The average molecular weight is 223 g/mol. The van der Waals surface area contributed by atoms with Crippen molar-refractivity contribution in [2.24, 2.45) is 0 Å². The molecule has 0 aromatic carbocycles. The van der Waals surface area contributed by atoms with Crippen molar-refractivity contribution < 1.29 is 0 Å². The van der Waals surface area contributed by atoms with Gasteiger partial charge in [-0.3, -0.25) is 0 Å². The number of hydrogen-bond donors (Lipinski definition) is 1. The first-order chi connectivity index (χ1) is 6.84. The van der Waals surface area contributed by atoms with Crippen molar-refractivity contribution in [3.63, 3.8) is 0 Å². The van der Waals surface area contributed by atoms with E-state index in [4.69, 9.17) is 5.73 Å². The highest BCUT2D eigenvalue weighted by Gasteiger charge is 2.00. The number of thioether (sulfide) groups is 1. The number of nitrogen functional groups attached to an aromatic ring is 1. The lowest BCUT2D eigenvalue weighted by atomic mass is 10.5. The molecule has 5 heteroatoms. The second-order valence-corrected chi connectivity index (χ2v) is 4.52. The Morgan fingerprint density at radius 3 is 3.00 bits per heavy atom. The molecule has 2 rings (SSSR count). The third-order valence-corrected chi connectivity index (χ3v) is 3.28. The number of nitrogens with zero attached hydrogens (tertiary/aromatic N) is 2. The van der Waals surface area contributed by atoms with Gasteiger partial charge in [-0.25, -0.2) is 9.97 Å². The van der Waals surface area contributed by atoms with Gasteiger partial charge in [0.05, 0.1) is 10.7 Å². The first-order valence-corrected chi connectivity index (χ1v) is 5.95. The standard InChI is InChI=1S/C9H9N3S2/c10-9-12-7(6-14-9)5-13-8-3-1-2-4-11-8/h1-4,6H,5H2,(H2,10,12). The maximum absolute atomic E-state index is 5.53. The quantitative estimate of drug-likeness (QED) is 0.812. The molecular formula is C9H9N3S2. The van der Waals surface area contributed by atoms with Crippen molar-refractivity contribution in [1.29, 1.82) is 0 Å². The Bertz CT molecular complexity index is 399. The highest BCUT2D eigenvalue weighted by molar-refractivity contribution is 7.98. The zero-order valence-electron chi connectivity index (χ0n) is 7.38. The van der Waals surface area contributed by atoms with Crippen molar-refractivity contribution in [1.82, 2.24) is 9.97 Å². The Kier molecular flexibility index (Phi) is 3.00. The number of rotatable bonds is 3. The van der Waals surface area contributed by atoms with Crippen molar-refractivity contribution in [2.75, 3.05) is 5.73 Å². The molecule has 0 aliphatic rings. The van der Waals surface area contributed by atoms with Gasteiger partial charge in [0.2, 0.25) is 0 Å². The monoisotopic (exact) mass is 223 g/mol. The van der Waals surface area contributed by atoms with Gasteiger partial charge < -0.3 is 5.73 Å². The minimum absolute atomic E-state index is 0.627. The van der Waals surface area contributed by atoms with Gasteiger partial charge in [0, 0.05) is 17.3 Å². The summed E-state index contributed by atoms with van der Waals surface area (Å²) < 4.78 is 0. The van der Waals surface area contributed by atoms with Crippen LogP contribution >= 0.6 is 23.1 Å². The molecule has 2 N–H and O–H groups in total. The van der Waals surface area contributed by atoms with E-state index in [1.54, 1.807) is 18.0 Å². The molecule has 0 saturated carbocycles. The van der Waals surface area contributed by atoms with Crippen LogP contribution in [0, 0.1) is 0 Å². The van der Waals surface area contributed by atoms with E-state index in [0.717, 1.165) is 16.5 Å². The predicted molar refractivity (Wildman–Crippen MR) is 60.3 cm³/mol. The van der Waals surface area contributed by atoms with E-state index in [1.807, 2.05) is 23.6 Å². The van der Waals surface area contributed by atoms with Gasteiger partial charge in [-0.15, -0.1) is 23.1 Å². The Hall–Kier alpha value is -1.07. The summed E-state index contributed by atoms with van der Waals surface area (Å²) in [6, 6.07) is 5.87. The number of nitrogens with two attached hydrogens (primary N) is 1. The third kappa shape index (κ3) is 2.46. The molecule has 0 atom stereocenters. The lowest BCUT2D eigenvalue weighted by Gasteiger charge is -1.96. The molecule has 72 valence electrons. The smallest absolute Gasteiger partial charge is 0.180 e. The maximum Gasteiger partial charge on any atom is 0.180 e. The molecule has 0 fully saturated rings. The maximum atomic E-state index is 5.53. The van der Waals surface area contributed by atoms with Gasteiger partial charge in [0.1, 0.15) is 0 Å². The summed E-state index contributed by atoms with van der Waals surface area (Å²) in [7, 11) is 0. The number of pyridine rings is 1. The van der Waals surface area contributed by atoms with Crippen LogP contribution in [0.4, 0.5) is 5.13 Å². The van der Waals surface area contributed by atoms with Crippen LogP contribution in [0.5, 0.6) is 0 Å². The van der Waals surface area contributed by atoms with Gasteiger partial charge >= 0.3 is 0 Å². The van der Waals surface area contributed by atoms with Crippen LogP contribution in [0.15, 0.2) is 34.8 Å². The first kappa shape index (κ1) is 9.48. The predicted octanol–water partition coefficient (Wildman–Crippen LogP) is 2.41. The summed E-state index contributed by atoms with van der Waals surface area (Å²) in [6.45, 7) is 0. The molecule has 0 saturated heterocycles. The Labute approximate surface area is 90.4 Å². The zero-order chi connectivity index (χ0) is 9.80. The zero-order valence-corrected chi connectivity index (χ0v) is 9.02. The highest BCUT2D eigenvalue weighted by Crippen LogP contribution is 2.21. The number of hydrogen-bond acceptors (Lipinski definition) is 5. The largest absolute Gasteiger partial charge is 0.375 e. The molecule has 0 bridgehead atoms. The van der Waals surface area contributed by atoms with E-state index >= 15 is 0 Å². The van der Waals surface area contributed by atoms with Gasteiger partial charge in [-0.2, -0.15) is 0 Å². The molecule has 0 aliphatic carbocycles. The minimum Gasteiger partial charge on any atom is -0.375 e. The molecule has 0 spiro atoms. The third-order valence-electron chi connectivity index (χ3n) is 1.58. The molecule has 2 aromatic rings. The summed E-state index contributed by atoms with van der Waals surface area (Å²) in [5.41, 5.74) is 6.55. The summed E-state index contributed by atoms with van der Waals surface area (Å²) in [5, 5.41) is 3.62. The van der Waals surface area contributed by atoms with E-state index in [1.165, 1.54) is 11.3 Å². The molecule has 2 heterocycles. The van der Waals surface area contributed by atoms with E-state index in [0.29, 0.717) is 5.13 Å². The van der Waals surface area contributed by atoms with Crippen LogP contribution in [0.3, 0.4) is 0 Å². The van der Waals surface area contributed by atoms with Gasteiger partial charge in [0.15, 0.2) is 5.13 Å². The van der Waals surface area contributed by atoms with Crippen molar-refractivity contribution in [3.8, 4) is 0 Å². The molecule has 0 amide bonds. The molecule has 0 radical (unpaired) electrons. The SMILES string of the molecule is Nc1nc(CSc2ccccn2)cs1. The number of thiazole rings is 1. The number of aromatic nitrogens is 2. The van der Waals surface area contributed by atoms with Crippen LogP contribution in [0.25, 0.3) is 0 Å². The normalized spacial score (nSPS) is 10.3. The molecule has 14 heavy (non-hydrogen) atoms. The Morgan fingerprint density at radius 2 is 2.36 bits per heavy atom. The molecule has 3 nitrogen and oxygen atoms in total. The molecule has 0 aliphatic heterocycles. The number of anilines is 1. The van der Waals surface area contributed by atoms with Crippen LogP contribution < -0.4 is 5.73 Å². The van der Waals surface area contributed by atoms with E-state index in [-0.39, 0.29) is 0 Å². The summed E-state index contributed by atoms with van der Waals surface area (Å²) in [6.07, 6.45) is 1.79. The van der Waals surface area contributed by atoms with Crippen LogP contribution in [0.2, 0.25) is 0 Å². The first-order valence-electron chi connectivity index (χ1n) is 4.08. The molecule has 0 unspecified atom stereocenters. The van der Waals surface area contributed by atoms with Gasteiger partial charge in [-0.05, 0) is 12.1 Å². The van der Waals surface area contributed by atoms with Crippen LogP contribution in [-0.4, -0.2) is 9.97 Å². The van der Waals surface area contributed by atoms with Crippen LogP contribution in [0.1, 0.15) is 5.69 Å².